The maximum absolute atomic E-state index is 12.4. The van der Waals surface area contributed by atoms with E-state index < -0.39 is 17.4 Å². The van der Waals surface area contributed by atoms with Crippen LogP contribution in [0, 0.1) is 0 Å². The van der Waals surface area contributed by atoms with Crippen LogP contribution in [-0.4, -0.2) is 36.5 Å². The second-order valence-corrected chi connectivity index (χ2v) is 8.01. The zero-order valence-corrected chi connectivity index (χ0v) is 16.8. The number of hydrogen-bond donors (Lipinski definition) is 1. The van der Waals surface area contributed by atoms with Crippen LogP contribution < -0.4 is 16.0 Å². The molecule has 0 bridgehead atoms. The molecule has 8 heteroatoms. The van der Waals surface area contributed by atoms with E-state index >= 15 is 0 Å². The van der Waals surface area contributed by atoms with Crippen molar-refractivity contribution in [3.63, 3.8) is 0 Å². The minimum Gasteiger partial charge on any atom is -0.491 e. The molecule has 0 aliphatic heterocycles. The summed E-state index contributed by atoms with van der Waals surface area (Å²) in [5, 5.41) is 10.4. The Kier molecular flexibility index (Phi) is 5.16. The minimum absolute atomic E-state index is 0.0623. The molecule has 0 fully saturated rings. The van der Waals surface area contributed by atoms with E-state index in [9.17, 15) is 14.7 Å². The first-order chi connectivity index (χ1) is 13.1. The second kappa shape index (κ2) is 7.27. The van der Waals surface area contributed by atoms with Crippen LogP contribution in [-0.2, 0) is 26.1 Å². The van der Waals surface area contributed by atoms with Crippen LogP contribution in [0.4, 0.5) is 0 Å². The lowest BCUT2D eigenvalue weighted by Crippen LogP contribution is -2.38. The number of fused-ring (bicyclic) bond motifs is 1. The van der Waals surface area contributed by atoms with Crippen molar-refractivity contribution < 1.29 is 9.84 Å². The SMILES string of the molecule is Cn1c(=O)c2c(ncn2C[C@@H](O)COc2ccc(C(C)(C)C)cc2)n(C)c1=O. The molecule has 0 spiro atoms. The van der Waals surface area contributed by atoms with Crippen LogP contribution in [0.2, 0.25) is 0 Å². The number of nitrogens with zero attached hydrogens (tertiary/aromatic N) is 4. The summed E-state index contributed by atoms with van der Waals surface area (Å²) in [6.45, 7) is 6.62. The van der Waals surface area contributed by atoms with E-state index in [1.165, 1.54) is 23.5 Å². The zero-order chi connectivity index (χ0) is 20.6. The zero-order valence-electron chi connectivity index (χ0n) is 16.8. The van der Waals surface area contributed by atoms with Gasteiger partial charge in [0, 0.05) is 14.1 Å². The first-order valence-corrected chi connectivity index (χ1v) is 9.12. The molecule has 0 amide bonds. The summed E-state index contributed by atoms with van der Waals surface area (Å²) in [5.74, 6) is 0.667. The van der Waals surface area contributed by atoms with Gasteiger partial charge in [-0.05, 0) is 23.1 Å². The quantitative estimate of drug-likeness (QED) is 0.711. The number of aromatic nitrogens is 4. The Morgan fingerprint density at radius 2 is 1.75 bits per heavy atom. The minimum atomic E-state index is -0.846. The Bertz CT molecular complexity index is 1100. The molecule has 150 valence electrons. The third-order valence-electron chi connectivity index (χ3n) is 4.79. The maximum atomic E-state index is 12.4. The molecule has 1 aromatic carbocycles. The molecule has 2 aromatic heterocycles. The van der Waals surface area contributed by atoms with E-state index in [2.05, 4.69) is 25.8 Å². The number of aliphatic hydroxyl groups is 1. The average Bonchev–Trinajstić information content (AvgIpc) is 3.06. The highest BCUT2D eigenvalue weighted by Gasteiger charge is 2.17. The van der Waals surface area contributed by atoms with Crippen LogP contribution in [0.15, 0.2) is 40.2 Å². The Morgan fingerprint density at radius 1 is 1.11 bits per heavy atom. The molecule has 0 saturated carbocycles. The van der Waals surface area contributed by atoms with Crippen molar-refractivity contribution in [1.82, 2.24) is 18.7 Å². The Labute approximate surface area is 162 Å². The molecule has 0 radical (unpaired) electrons. The maximum Gasteiger partial charge on any atom is 0.332 e. The van der Waals surface area contributed by atoms with Gasteiger partial charge in [-0.1, -0.05) is 32.9 Å². The number of ether oxygens (including phenoxy) is 1. The van der Waals surface area contributed by atoms with Crippen molar-refractivity contribution >= 4 is 11.2 Å². The highest BCUT2D eigenvalue weighted by Crippen LogP contribution is 2.24. The summed E-state index contributed by atoms with van der Waals surface area (Å²) in [5.41, 5.74) is 0.947. The van der Waals surface area contributed by atoms with Crippen LogP contribution in [0.5, 0.6) is 5.75 Å². The molecule has 0 aliphatic carbocycles. The summed E-state index contributed by atoms with van der Waals surface area (Å²) in [6.07, 6.45) is 0.606. The lowest BCUT2D eigenvalue weighted by molar-refractivity contribution is 0.0933. The van der Waals surface area contributed by atoms with Gasteiger partial charge < -0.3 is 14.4 Å². The molecule has 0 aliphatic rings. The number of rotatable bonds is 5. The van der Waals surface area contributed by atoms with Crippen LogP contribution >= 0.6 is 0 Å². The second-order valence-electron chi connectivity index (χ2n) is 8.01. The molecule has 0 saturated heterocycles. The first-order valence-electron chi connectivity index (χ1n) is 9.12. The molecular weight excluding hydrogens is 360 g/mol. The lowest BCUT2D eigenvalue weighted by Gasteiger charge is -2.19. The smallest absolute Gasteiger partial charge is 0.332 e. The normalized spacial score (nSPS) is 13.1. The molecule has 28 heavy (non-hydrogen) atoms. The molecule has 8 nitrogen and oxygen atoms in total. The third kappa shape index (κ3) is 3.73. The van der Waals surface area contributed by atoms with Crippen molar-refractivity contribution in [2.75, 3.05) is 6.61 Å². The predicted molar refractivity (Wildman–Crippen MR) is 107 cm³/mol. The number of imidazole rings is 1. The van der Waals surface area contributed by atoms with Gasteiger partial charge in [0.1, 0.15) is 18.5 Å². The molecule has 3 aromatic rings. The number of hydrogen-bond acceptors (Lipinski definition) is 5. The van der Waals surface area contributed by atoms with Gasteiger partial charge in [-0.15, -0.1) is 0 Å². The van der Waals surface area contributed by atoms with E-state index in [1.54, 1.807) is 11.6 Å². The van der Waals surface area contributed by atoms with Gasteiger partial charge in [-0.2, -0.15) is 0 Å². The van der Waals surface area contributed by atoms with E-state index in [4.69, 9.17) is 4.74 Å². The van der Waals surface area contributed by atoms with Gasteiger partial charge >= 0.3 is 5.69 Å². The number of benzene rings is 1. The van der Waals surface area contributed by atoms with E-state index in [0.29, 0.717) is 11.4 Å². The monoisotopic (exact) mass is 386 g/mol. The first kappa shape index (κ1) is 19.9. The van der Waals surface area contributed by atoms with Crippen molar-refractivity contribution in [2.24, 2.45) is 14.1 Å². The fraction of sp³-hybridized carbons (Fsp3) is 0.450. The fourth-order valence-electron chi connectivity index (χ4n) is 3.06. The Morgan fingerprint density at radius 3 is 2.36 bits per heavy atom. The average molecular weight is 386 g/mol. The summed E-state index contributed by atoms with van der Waals surface area (Å²) >= 11 is 0. The molecule has 2 heterocycles. The van der Waals surface area contributed by atoms with Gasteiger partial charge in [0.05, 0.1) is 12.9 Å². The molecular formula is C20H26N4O4. The van der Waals surface area contributed by atoms with Crippen LogP contribution in [0.25, 0.3) is 11.2 Å². The standard InChI is InChI=1S/C20H26N4O4/c1-20(2,3)13-6-8-15(9-7-13)28-11-14(25)10-24-12-21-17-16(24)18(26)23(5)19(27)22(17)4/h6-9,12,14,25H,10-11H2,1-5H3/t14-/m1/s1. The third-order valence-corrected chi connectivity index (χ3v) is 4.79. The molecule has 0 unspecified atom stereocenters. The molecule has 1 atom stereocenters. The highest BCUT2D eigenvalue weighted by molar-refractivity contribution is 5.69. The van der Waals surface area contributed by atoms with E-state index in [1.807, 2.05) is 24.3 Å². The van der Waals surface area contributed by atoms with E-state index in [0.717, 1.165) is 4.57 Å². The Hall–Kier alpha value is -2.87. The highest BCUT2D eigenvalue weighted by atomic mass is 16.5. The van der Waals surface area contributed by atoms with E-state index in [-0.39, 0.29) is 24.1 Å². The van der Waals surface area contributed by atoms with Gasteiger partial charge in [-0.3, -0.25) is 13.9 Å². The largest absolute Gasteiger partial charge is 0.491 e. The van der Waals surface area contributed by atoms with Crippen molar-refractivity contribution in [3.05, 3.63) is 57.0 Å². The van der Waals surface area contributed by atoms with Crippen molar-refractivity contribution in [1.29, 1.82) is 0 Å². The fourth-order valence-corrected chi connectivity index (χ4v) is 3.06. The predicted octanol–water partition coefficient (Wildman–Crippen LogP) is 1.17. The van der Waals surface area contributed by atoms with Gasteiger partial charge in [0.25, 0.3) is 5.56 Å². The molecule has 3 rings (SSSR count). The molecule has 1 N–H and O–H groups in total. The lowest BCUT2D eigenvalue weighted by atomic mass is 9.87. The van der Waals surface area contributed by atoms with Gasteiger partial charge in [-0.25, -0.2) is 9.78 Å². The summed E-state index contributed by atoms with van der Waals surface area (Å²) in [4.78, 5) is 28.6. The summed E-state index contributed by atoms with van der Waals surface area (Å²) < 4.78 is 9.56. The van der Waals surface area contributed by atoms with Crippen LogP contribution in [0.3, 0.4) is 0 Å². The number of aliphatic hydroxyl groups excluding tert-OH is 1. The Balaban J connectivity index is 1.73. The van der Waals surface area contributed by atoms with Gasteiger partial charge in [0.2, 0.25) is 0 Å². The number of aryl methyl sites for hydroxylation is 1. The topological polar surface area (TPSA) is 91.3 Å². The summed E-state index contributed by atoms with van der Waals surface area (Å²) in [7, 11) is 2.98. The summed E-state index contributed by atoms with van der Waals surface area (Å²) in [6, 6.07) is 7.78. The van der Waals surface area contributed by atoms with Gasteiger partial charge in [0.15, 0.2) is 11.2 Å². The van der Waals surface area contributed by atoms with Crippen LogP contribution in [0.1, 0.15) is 26.3 Å². The van der Waals surface area contributed by atoms with Crippen molar-refractivity contribution in [2.45, 2.75) is 38.8 Å². The van der Waals surface area contributed by atoms with Crippen molar-refractivity contribution in [3.8, 4) is 5.75 Å².